The third kappa shape index (κ3) is 3.81. The normalized spacial score (nSPS) is 14.4. The largest absolute Gasteiger partial charge is 0.491 e. The predicted molar refractivity (Wildman–Crippen MR) is 109 cm³/mol. The smallest absolute Gasteiger partial charge is 0.225 e. The SMILES string of the molecule is CC(=O)N(Cc1ccccc1)c1ccc2c(n1)/C(=C/c1cn(C)cn1)CCO2. The summed E-state index contributed by atoms with van der Waals surface area (Å²) in [5.74, 6) is 1.30. The van der Waals surface area contributed by atoms with Gasteiger partial charge >= 0.3 is 0 Å². The van der Waals surface area contributed by atoms with Gasteiger partial charge < -0.3 is 9.30 Å². The Morgan fingerprint density at radius 3 is 2.79 bits per heavy atom. The summed E-state index contributed by atoms with van der Waals surface area (Å²) in [6.07, 6.45) is 6.52. The first-order chi connectivity index (χ1) is 13.6. The minimum atomic E-state index is -0.0525. The van der Waals surface area contributed by atoms with E-state index in [1.807, 2.05) is 66.4 Å². The average molecular weight is 374 g/mol. The van der Waals surface area contributed by atoms with E-state index >= 15 is 0 Å². The molecule has 3 aromatic rings. The molecule has 0 fully saturated rings. The summed E-state index contributed by atoms with van der Waals surface area (Å²) in [5.41, 5.74) is 3.77. The summed E-state index contributed by atoms with van der Waals surface area (Å²) in [4.78, 5) is 23.2. The topological polar surface area (TPSA) is 60.2 Å². The Morgan fingerprint density at radius 2 is 2.07 bits per heavy atom. The molecule has 1 aliphatic rings. The van der Waals surface area contributed by atoms with Gasteiger partial charge in [0.05, 0.1) is 25.2 Å². The molecule has 6 nitrogen and oxygen atoms in total. The fraction of sp³-hybridized carbons (Fsp3) is 0.227. The van der Waals surface area contributed by atoms with Crippen molar-refractivity contribution in [2.45, 2.75) is 19.9 Å². The van der Waals surface area contributed by atoms with E-state index in [0.29, 0.717) is 19.0 Å². The molecule has 1 aliphatic heterocycles. The van der Waals surface area contributed by atoms with Gasteiger partial charge in [-0.1, -0.05) is 30.3 Å². The van der Waals surface area contributed by atoms with Crippen molar-refractivity contribution < 1.29 is 9.53 Å². The number of hydrogen-bond acceptors (Lipinski definition) is 4. The van der Waals surface area contributed by atoms with Gasteiger partial charge in [0.2, 0.25) is 5.91 Å². The minimum absolute atomic E-state index is 0.0525. The quantitative estimate of drug-likeness (QED) is 0.699. The van der Waals surface area contributed by atoms with Crippen molar-refractivity contribution in [1.29, 1.82) is 0 Å². The van der Waals surface area contributed by atoms with Crippen LogP contribution in [0.4, 0.5) is 5.82 Å². The summed E-state index contributed by atoms with van der Waals surface area (Å²) in [5, 5.41) is 0. The molecule has 0 radical (unpaired) electrons. The number of pyridine rings is 1. The van der Waals surface area contributed by atoms with Crippen molar-refractivity contribution in [2.75, 3.05) is 11.5 Å². The second kappa shape index (κ2) is 7.68. The van der Waals surface area contributed by atoms with Crippen LogP contribution >= 0.6 is 0 Å². The lowest BCUT2D eigenvalue weighted by molar-refractivity contribution is -0.116. The summed E-state index contributed by atoms with van der Waals surface area (Å²) < 4.78 is 7.69. The van der Waals surface area contributed by atoms with Crippen molar-refractivity contribution in [1.82, 2.24) is 14.5 Å². The van der Waals surface area contributed by atoms with Gasteiger partial charge in [0.15, 0.2) is 0 Å². The molecule has 1 amide bonds. The Kier molecular flexibility index (Phi) is 4.93. The van der Waals surface area contributed by atoms with Crippen LogP contribution in [0.2, 0.25) is 0 Å². The van der Waals surface area contributed by atoms with Crippen molar-refractivity contribution in [3.05, 3.63) is 71.9 Å². The molecular weight excluding hydrogens is 352 g/mol. The fourth-order valence-corrected chi connectivity index (χ4v) is 3.27. The molecule has 1 aromatic carbocycles. The number of fused-ring (bicyclic) bond motifs is 1. The van der Waals surface area contributed by atoms with Gasteiger partial charge in [-0.3, -0.25) is 9.69 Å². The third-order valence-electron chi connectivity index (χ3n) is 4.66. The van der Waals surface area contributed by atoms with E-state index in [-0.39, 0.29) is 5.91 Å². The highest BCUT2D eigenvalue weighted by Crippen LogP contribution is 2.34. The van der Waals surface area contributed by atoms with Crippen molar-refractivity contribution in [3.8, 4) is 5.75 Å². The number of aryl methyl sites for hydroxylation is 1. The van der Waals surface area contributed by atoms with Gasteiger partial charge in [-0.05, 0) is 29.3 Å². The number of aromatic nitrogens is 3. The van der Waals surface area contributed by atoms with Crippen LogP contribution in [0.3, 0.4) is 0 Å². The van der Waals surface area contributed by atoms with E-state index in [1.54, 1.807) is 18.2 Å². The maximum atomic E-state index is 12.3. The second-order valence-corrected chi connectivity index (χ2v) is 6.84. The van der Waals surface area contributed by atoms with E-state index in [9.17, 15) is 4.79 Å². The fourth-order valence-electron chi connectivity index (χ4n) is 3.27. The summed E-state index contributed by atoms with van der Waals surface area (Å²) in [6.45, 7) is 2.64. The molecule has 6 heteroatoms. The molecule has 2 aromatic heterocycles. The zero-order valence-corrected chi connectivity index (χ0v) is 16.0. The molecule has 4 rings (SSSR count). The first-order valence-corrected chi connectivity index (χ1v) is 9.25. The highest BCUT2D eigenvalue weighted by Gasteiger charge is 2.21. The molecule has 0 aliphatic carbocycles. The van der Waals surface area contributed by atoms with Gasteiger partial charge in [-0.25, -0.2) is 9.97 Å². The Morgan fingerprint density at radius 1 is 1.25 bits per heavy atom. The van der Waals surface area contributed by atoms with E-state index in [0.717, 1.165) is 34.7 Å². The van der Waals surface area contributed by atoms with E-state index in [4.69, 9.17) is 9.72 Å². The third-order valence-corrected chi connectivity index (χ3v) is 4.66. The Balaban J connectivity index is 1.70. The van der Waals surface area contributed by atoms with Crippen LogP contribution in [-0.2, 0) is 18.4 Å². The molecule has 3 heterocycles. The van der Waals surface area contributed by atoms with Gasteiger partial charge in [0.1, 0.15) is 17.3 Å². The number of carbonyl (C=O) groups is 1. The average Bonchev–Trinajstić information content (AvgIpc) is 3.11. The second-order valence-electron chi connectivity index (χ2n) is 6.84. The molecule has 0 spiro atoms. The Labute approximate surface area is 164 Å². The minimum Gasteiger partial charge on any atom is -0.491 e. The van der Waals surface area contributed by atoms with Crippen LogP contribution in [0.5, 0.6) is 5.75 Å². The molecule has 0 saturated heterocycles. The van der Waals surface area contributed by atoms with Crippen LogP contribution in [0.25, 0.3) is 11.6 Å². The maximum absolute atomic E-state index is 12.3. The molecular formula is C22H22N4O2. The van der Waals surface area contributed by atoms with Crippen LogP contribution in [0.1, 0.15) is 30.3 Å². The van der Waals surface area contributed by atoms with Crippen LogP contribution in [-0.4, -0.2) is 27.0 Å². The molecule has 0 bridgehead atoms. The summed E-state index contributed by atoms with van der Waals surface area (Å²) in [6, 6.07) is 13.6. The van der Waals surface area contributed by atoms with Crippen LogP contribution in [0, 0.1) is 0 Å². The van der Waals surface area contributed by atoms with Gasteiger partial charge in [-0.15, -0.1) is 0 Å². The lowest BCUT2D eigenvalue weighted by atomic mass is 10.0. The number of benzene rings is 1. The number of rotatable bonds is 4. The lowest BCUT2D eigenvalue weighted by Gasteiger charge is -2.24. The van der Waals surface area contributed by atoms with Crippen molar-refractivity contribution in [2.24, 2.45) is 7.05 Å². The molecule has 0 N–H and O–H groups in total. The highest BCUT2D eigenvalue weighted by molar-refractivity contribution is 5.91. The Hall–Kier alpha value is -3.41. The number of hydrogen-bond donors (Lipinski definition) is 0. The zero-order chi connectivity index (χ0) is 19.5. The number of anilines is 1. The van der Waals surface area contributed by atoms with Crippen LogP contribution in [0.15, 0.2) is 55.0 Å². The highest BCUT2D eigenvalue weighted by atomic mass is 16.5. The van der Waals surface area contributed by atoms with Gasteiger partial charge in [0, 0.05) is 26.6 Å². The number of nitrogens with zero attached hydrogens (tertiary/aromatic N) is 4. The van der Waals surface area contributed by atoms with E-state index in [2.05, 4.69) is 4.98 Å². The number of ether oxygens (including phenoxy) is 1. The molecule has 0 unspecified atom stereocenters. The number of imidazole rings is 1. The molecule has 0 saturated carbocycles. The first kappa shape index (κ1) is 18.0. The van der Waals surface area contributed by atoms with E-state index in [1.165, 1.54) is 0 Å². The maximum Gasteiger partial charge on any atom is 0.225 e. The molecule has 142 valence electrons. The van der Waals surface area contributed by atoms with E-state index < -0.39 is 0 Å². The number of amides is 1. The summed E-state index contributed by atoms with van der Waals surface area (Å²) in [7, 11) is 1.94. The molecule has 0 atom stereocenters. The van der Waals surface area contributed by atoms with Gasteiger partial charge in [-0.2, -0.15) is 0 Å². The lowest BCUT2D eigenvalue weighted by Crippen LogP contribution is -2.29. The van der Waals surface area contributed by atoms with Crippen molar-refractivity contribution in [3.63, 3.8) is 0 Å². The van der Waals surface area contributed by atoms with Crippen molar-refractivity contribution >= 4 is 23.4 Å². The summed E-state index contributed by atoms with van der Waals surface area (Å²) >= 11 is 0. The van der Waals surface area contributed by atoms with Crippen LogP contribution < -0.4 is 9.64 Å². The van der Waals surface area contributed by atoms with Gasteiger partial charge in [0.25, 0.3) is 0 Å². The standard InChI is InChI=1S/C22H22N4O2/c1-16(27)26(13-17-6-4-3-5-7-17)21-9-8-20-22(24-21)18(10-11-28-20)12-19-14-25(2)15-23-19/h3-9,12,14-15H,10-11,13H2,1-2H3/b18-12+. The zero-order valence-electron chi connectivity index (χ0n) is 16.0. The predicted octanol–water partition coefficient (Wildman–Crippen LogP) is 3.69. The first-order valence-electron chi connectivity index (χ1n) is 9.25. The monoisotopic (exact) mass is 374 g/mol. The Bertz CT molecular complexity index is 1020. The molecule has 28 heavy (non-hydrogen) atoms. The number of carbonyl (C=O) groups excluding carboxylic acids is 1.